The minimum Gasteiger partial charge on any atom is -0.480 e. The van der Waals surface area contributed by atoms with Crippen LogP contribution in [0, 0.1) is 0 Å². The summed E-state index contributed by atoms with van der Waals surface area (Å²) in [6, 6.07) is 6.65. The van der Waals surface area contributed by atoms with E-state index in [0.29, 0.717) is 5.56 Å². The number of fused-ring (bicyclic) bond motifs is 1. The lowest BCUT2D eigenvalue weighted by atomic mass is 10.1. The second-order valence-corrected chi connectivity index (χ2v) is 3.53. The fourth-order valence-electron chi connectivity index (χ4n) is 1.75. The number of para-hydroxylation sites is 1. The van der Waals surface area contributed by atoms with Gasteiger partial charge in [0.05, 0.1) is 0 Å². The Morgan fingerprint density at radius 2 is 2.13 bits per heavy atom. The van der Waals surface area contributed by atoms with Crippen LogP contribution in [-0.2, 0) is 11.8 Å². The summed E-state index contributed by atoms with van der Waals surface area (Å²) in [6.07, 6.45) is 1.77. The second-order valence-electron chi connectivity index (χ2n) is 3.53. The Hall–Kier alpha value is -1.81. The summed E-state index contributed by atoms with van der Waals surface area (Å²) in [5.74, 6) is -1.01. The summed E-state index contributed by atoms with van der Waals surface area (Å²) < 4.78 is 1.88. The molecule has 0 aliphatic carbocycles. The van der Waals surface area contributed by atoms with E-state index >= 15 is 0 Å². The fourth-order valence-corrected chi connectivity index (χ4v) is 1.75. The highest BCUT2D eigenvalue weighted by molar-refractivity contribution is 5.89. The smallest absolute Gasteiger partial charge is 0.325 e. The summed E-state index contributed by atoms with van der Waals surface area (Å²) in [7, 11) is 1.88. The highest BCUT2D eigenvalue weighted by atomic mass is 16.4. The van der Waals surface area contributed by atoms with Crippen molar-refractivity contribution in [2.45, 2.75) is 6.04 Å². The first-order chi connectivity index (χ1) is 7.11. The van der Waals surface area contributed by atoms with E-state index in [0.717, 1.165) is 10.9 Å². The predicted octanol–water partition coefficient (Wildman–Crippen LogP) is 1.26. The summed E-state index contributed by atoms with van der Waals surface area (Å²) in [5.41, 5.74) is 7.25. The zero-order valence-electron chi connectivity index (χ0n) is 8.34. The molecule has 0 saturated carbocycles. The van der Waals surface area contributed by atoms with Crippen molar-refractivity contribution in [3.63, 3.8) is 0 Å². The molecular weight excluding hydrogens is 192 g/mol. The lowest BCUT2D eigenvalue weighted by Gasteiger charge is -2.03. The van der Waals surface area contributed by atoms with Gasteiger partial charge in [-0.15, -0.1) is 0 Å². The molecule has 0 spiro atoms. The molecule has 1 atom stereocenters. The van der Waals surface area contributed by atoms with E-state index in [2.05, 4.69) is 0 Å². The van der Waals surface area contributed by atoms with Crippen LogP contribution in [-0.4, -0.2) is 15.6 Å². The second kappa shape index (κ2) is 3.40. The highest BCUT2D eigenvalue weighted by Crippen LogP contribution is 2.24. The maximum atomic E-state index is 10.8. The summed E-state index contributed by atoms with van der Waals surface area (Å²) >= 11 is 0. The highest BCUT2D eigenvalue weighted by Gasteiger charge is 2.18. The van der Waals surface area contributed by atoms with Crippen LogP contribution >= 0.6 is 0 Å². The van der Waals surface area contributed by atoms with Crippen molar-refractivity contribution in [1.82, 2.24) is 4.57 Å². The Bertz CT molecular complexity index is 516. The van der Waals surface area contributed by atoms with E-state index in [1.165, 1.54) is 0 Å². The number of nitrogens with zero attached hydrogens (tertiary/aromatic N) is 1. The molecule has 1 unspecified atom stereocenters. The molecule has 1 aromatic carbocycles. The maximum absolute atomic E-state index is 10.8. The van der Waals surface area contributed by atoms with E-state index in [1.807, 2.05) is 35.9 Å². The molecule has 1 aromatic heterocycles. The van der Waals surface area contributed by atoms with Crippen molar-refractivity contribution in [3.8, 4) is 0 Å². The molecule has 0 bridgehead atoms. The average Bonchev–Trinajstić information content (AvgIpc) is 2.56. The van der Waals surface area contributed by atoms with Crippen LogP contribution in [0.5, 0.6) is 0 Å². The normalized spacial score (nSPS) is 12.9. The molecule has 2 rings (SSSR count). The molecular formula is C11H12N2O2. The van der Waals surface area contributed by atoms with Crippen LogP contribution in [0.1, 0.15) is 11.6 Å². The minimum absolute atomic E-state index is 0.653. The summed E-state index contributed by atoms with van der Waals surface area (Å²) in [6.45, 7) is 0. The van der Waals surface area contributed by atoms with Crippen LogP contribution in [0.15, 0.2) is 30.5 Å². The molecule has 78 valence electrons. The van der Waals surface area contributed by atoms with Crippen LogP contribution in [0.2, 0.25) is 0 Å². The van der Waals surface area contributed by atoms with Crippen LogP contribution < -0.4 is 5.73 Å². The molecule has 4 heteroatoms. The van der Waals surface area contributed by atoms with Gasteiger partial charge in [0.1, 0.15) is 6.04 Å². The van der Waals surface area contributed by atoms with Gasteiger partial charge in [-0.05, 0) is 6.07 Å². The van der Waals surface area contributed by atoms with Crippen LogP contribution in [0.25, 0.3) is 10.9 Å². The predicted molar refractivity (Wildman–Crippen MR) is 57.5 cm³/mol. The molecule has 2 aromatic rings. The van der Waals surface area contributed by atoms with Crippen LogP contribution in [0.3, 0.4) is 0 Å². The lowest BCUT2D eigenvalue weighted by molar-refractivity contribution is -0.138. The van der Waals surface area contributed by atoms with Crippen LogP contribution in [0.4, 0.5) is 0 Å². The Kier molecular flexibility index (Phi) is 2.21. The molecule has 4 nitrogen and oxygen atoms in total. The molecule has 1 heterocycles. The Morgan fingerprint density at radius 3 is 2.80 bits per heavy atom. The Morgan fingerprint density at radius 1 is 1.47 bits per heavy atom. The fraction of sp³-hybridized carbons (Fsp3) is 0.182. The van der Waals surface area contributed by atoms with E-state index < -0.39 is 12.0 Å². The SMILES string of the molecule is Cn1cc(C(N)C(=O)O)c2ccccc21. The van der Waals surface area contributed by atoms with Gasteiger partial charge >= 0.3 is 5.97 Å². The maximum Gasteiger partial charge on any atom is 0.325 e. The number of carboxylic acids is 1. The van der Waals surface area contributed by atoms with Gasteiger partial charge in [-0.3, -0.25) is 4.79 Å². The van der Waals surface area contributed by atoms with Crippen molar-refractivity contribution in [2.75, 3.05) is 0 Å². The van der Waals surface area contributed by atoms with E-state index in [1.54, 1.807) is 6.20 Å². The molecule has 0 aliphatic rings. The first-order valence-electron chi connectivity index (χ1n) is 4.63. The van der Waals surface area contributed by atoms with Gasteiger partial charge in [0, 0.05) is 29.7 Å². The number of hydrogen-bond donors (Lipinski definition) is 2. The average molecular weight is 204 g/mol. The van der Waals surface area contributed by atoms with Gasteiger partial charge in [0.2, 0.25) is 0 Å². The third kappa shape index (κ3) is 1.49. The molecule has 0 saturated heterocycles. The van der Waals surface area contributed by atoms with Gasteiger partial charge in [-0.25, -0.2) is 0 Å². The third-order valence-corrected chi connectivity index (χ3v) is 2.53. The number of nitrogens with two attached hydrogens (primary N) is 1. The van der Waals surface area contributed by atoms with Crippen molar-refractivity contribution in [3.05, 3.63) is 36.0 Å². The number of aliphatic carboxylic acids is 1. The van der Waals surface area contributed by atoms with Crippen molar-refractivity contribution >= 4 is 16.9 Å². The van der Waals surface area contributed by atoms with E-state index in [4.69, 9.17) is 10.8 Å². The van der Waals surface area contributed by atoms with Gasteiger partial charge in [0.15, 0.2) is 0 Å². The standard InChI is InChI=1S/C11H12N2O2/c1-13-6-8(10(12)11(14)15)7-4-2-3-5-9(7)13/h2-6,10H,12H2,1H3,(H,14,15). The molecule has 0 fully saturated rings. The number of carbonyl (C=O) groups is 1. The number of aromatic nitrogens is 1. The van der Waals surface area contributed by atoms with Gasteiger partial charge < -0.3 is 15.4 Å². The van der Waals surface area contributed by atoms with Gasteiger partial charge in [-0.1, -0.05) is 18.2 Å². The van der Waals surface area contributed by atoms with Crippen molar-refractivity contribution < 1.29 is 9.90 Å². The number of aryl methyl sites for hydroxylation is 1. The first-order valence-corrected chi connectivity index (χ1v) is 4.63. The number of carboxylic acid groups (broad SMARTS) is 1. The monoisotopic (exact) mass is 204 g/mol. The Balaban J connectivity index is 2.67. The van der Waals surface area contributed by atoms with Gasteiger partial charge in [-0.2, -0.15) is 0 Å². The first kappa shape index (κ1) is 9.73. The zero-order chi connectivity index (χ0) is 11.0. The summed E-state index contributed by atoms with van der Waals surface area (Å²) in [5, 5.41) is 9.77. The summed E-state index contributed by atoms with van der Waals surface area (Å²) in [4.78, 5) is 10.8. The zero-order valence-corrected chi connectivity index (χ0v) is 8.34. The molecule has 15 heavy (non-hydrogen) atoms. The number of hydrogen-bond acceptors (Lipinski definition) is 2. The lowest BCUT2D eigenvalue weighted by Crippen LogP contribution is -2.20. The number of rotatable bonds is 2. The topological polar surface area (TPSA) is 68.2 Å². The molecule has 3 N–H and O–H groups in total. The van der Waals surface area contributed by atoms with Gasteiger partial charge in [0.25, 0.3) is 0 Å². The van der Waals surface area contributed by atoms with E-state index in [9.17, 15) is 4.79 Å². The number of benzene rings is 1. The quantitative estimate of drug-likeness (QED) is 0.773. The third-order valence-electron chi connectivity index (χ3n) is 2.53. The molecule has 0 aliphatic heterocycles. The minimum atomic E-state index is -1.01. The molecule has 0 amide bonds. The largest absolute Gasteiger partial charge is 0.480 e. The van der Waals surface area contributed by atoms with E-state index in [-0.39, 0.29) is 0 Å². The molecule has 0 radical (unpaired) electrons. The van der Waals surface area contributed by atoms with Crippen molar-refractivity contribution in [2.24, 2.45) is 12.8 Å². The Labute approximate surface area is 86.9 Å². The van der Waals surface area contributed by atoms with Crippen molar-refractivity contribution in [1.29, 1.82) is 0 Å².